The fourth-order valence-electron chi connectivity index (χ4n) is 3.46. The van der Waals surface area contributed by atoms with E-state index in [1.807, 2.05) is 18.6 Å². The van der Waals surface area contributed by atoms with Crippen molar-refractivity contribution in [3.8, 4) is 0 Å². The van der Waals surface area contributed by atoms with E-state index in [-0.39, 0.29) is 0 Å². The first kappa shape index (κ1) is 26.9. The molecule has 0 aliphatic carbocycles. The van der Waals surface area contributed by atoms with Crippen molar-refractivity contribution in [3.63, 3.8) is 0 Å². The molecular formula is C18H27N19. The van der Waals surface area contributed by atoms with Crippen LogP contribution in [0.1, 0.15) is 36.3 Å². The van der Waals surface area contributed by atoms with Gasteiger partial charge in [0.2, 0.25) is 0 Å². The van der Waals surface area contributed by atoms with Crippen LogP contribution < -0.4 is 0 Å². The number of rotatable bonds is 18. The summed E-state index contributed by atoms with van der Waals surface area (Å²) in [7, 11) is 0. The molecule has 37 heavy (non-hydrogen) atoms. The van der Waals surface area contributed by atoms with E-state index in [1.165, 1.54) is 0 Å². The lowest BCUT2D eigenvalue weighted by Crippen LogP contribution is -2.23. The maximum absolute atomic E-state index is 8.40. The zero-order chi connectivity index (χ0) is 26.1. The van der Waals surface area contributed by atoms with Crippen molar-refractivity contribution in [1.82, 2.24) is 49.9 Å². The third kappa shape index (κ3) is 9.83. The highest BCUT2D eigenvalue weighted by atomic mass is 15.4. The second kappa shape index (κ2) is 15.3. The van der Waals surface area contributed by atoms with Crippen LogP contribution in [0.3, 0.4) is 0 Å². The number of aromatic nitrogens is 9. The van der Waals surface area contributed by atoms with Gasteiger partial charge in [0.25, 0.3) is 0 Å². The van der Waals surface area contributed by atoms with E-state index < -0.39 is 0 Å². The minimum absolute atomic E-state index is 0.398. The molecule has 19 heteroatoms. The number of azide groups is 3. The molecule has 0 radical (unpaired) electrons. The average molecular weight is 510 g/mol. The van der Waals surface area contributed by atoms with Crippen molar-refractivity contribution >= 4 is 0 Å². The lowest BCUT2D eigenvalue weighted by atomic mass is 10.3. The monoisotopic (exact) mass is 509 g/mol. The van der Waals surface area contributed by atoms with Crippen LogP contribution in [0.25, 0.3) is 31.3 Å². The van der Waals surface area contributed by atoms with E-state index in [9.17, 15) is 0 Å². The largest absolute Gasteiger partial charge is 0.285 e. The van der Waals surface area contributed by atoms with Gasteiger partial charge in [0.05, 0.1) is 17.1 Å². The molecule has 0 bridgehead atoms. The van der Waals surface area contributed by atoms with Crippen LogP contribution in [0.4, 0.5) is 0 Å². The van der Waals surface area contributed by atoms with Crippen LogP contribution in [0.15, 0.2) is 33.9 Å². The summed E-state index contributed by atoms with van der Waals surface area (Å²) in [6, 6.07) is 0. The van der Waals surface area contributed by atoms with Crippen LogP contribution in [0.2, 0.25) is 0 Å². The summed E-state index contributed by atoms with van der Waals surface area (Å²) in [4.78, 5) is 10.4. The molecule has 19 nitrogen and oxygen atoms in total. The van der Waals surface area contributed by atoms with Crippen molar-refractivity contribution in [2.24, 2.45) is 15.3 Å². The Bertz CT molecular complexity index is 1080. The lowest BCUT2D eigenvalue weighted by molar-refractivity contribution is 0.238. The first-order chi connectivity index (χ1) is 18.2. The molecule has 3 heterocycles. The Morgan fingerprint density at radius 3 is 1.22 bits per heavy atom. The number of hydrogen-bond donors (Lipinski definition) is 0. The van der Waals surface area contributed by atoms with Crippen molar-refractivity contribution in [3.05, 3.63) is 67.0 Å². The molecule has 3 rings (SSSR count). The molecular weight excluding hydrogens is 482 g/mol. The Kier molecular flexibility index (Phi) is 11.2. The van der Waals surface area contributed by atoms with E-state index in [0.717, 1.165) is 17.1 Å². The zero-order valence-electron chi connectivity index (χ0n) is 20.2. The van der Waals surface area contributed by atoms with E-state index in [1.54, 1.807) is 14.0 Å². The van der Waals surface area contributed by atoms with Gasteiger partial charge < -0.3 is 0 Å². The molecule has 0 N–H and O–H groups in total. The Balaban J connectivity index is 1.64. The second-order valence-electron chi connectivity index (χ2n) is 7.99. The van der Waals surface area contributed by atoms with Gasteiger partial charge in [-0.15, -0.1) is 15.3 Å². The molecule has 0 atom stereocenters. The van der Waals surface area contributed by atoms with Gasteiger partial charge in [-0.3, -0.25) is 18.9 Å². The predicted molar refractivity (Wildman–Crippen MR) is 129 cm³/mol. The normalized spacial score (nSPS) is 10.6. The molecule has 194 valence electrons. The summed E-state index contributed by atoms with van der Waals surface area (Å²) in [5.41, 5.74) is 27.5. The fourth-order valence-corrected chi connectivity index (χ4v) is 3.46. The van der Waals surface area contributed by atoms with Gasteiger partial charge in [-0.05, 0) is 35.9 Å². The van der Waals surface area contributed by atoms with E-state index in [2.05, 4.69) is 65.9 Å². The second-order valence-corrected chi connectivity index (χ2v) is 7.99. The minimum Gasteiger partial charge on any atom is -0.285 e. The fraction of sp³-hybridized carbons (Fsp3) is 0.667. The number of hydrogen-bond acceptors (Lipinski definition) is 10. The Morgan fingerprint density at radius 2 is 0.919 bits per heavy atom. The van der Waals surface area contributed by atoms with E-state index in [4.69, 9.17) is 16.6 Å². The molecule has 3 aromatic heterocycles. The lowest BCUT2D eigenvalue weighted by Gasteiger charge is -2.18. The standard InChI is InChI=1S/C18H27N19/c19-28-22-4-1-7-35-13-16(25-31-35)10-34(11-17-14-36(32-26-17)8-2-5-23-29-20)12-18-15-37(33-27-18)9-3-6-24-30-21/h13-15H,1-12H2. The third-order valence-corrected chi connectivity index (χ3v) is 5.04. The van der Waals surface area contributed by atoms with E-state index >= 15 is 0 Å². The summed E-state index contributed by atoms with van der Waals surface area (Å²) < 4.78 is 5.17. The molecule has 0 spiro atoms. The van der Waals surface area contributed by atoms with Crippen LogP contribution in [0, 0.1) is 0 Å². The first-order valence-corrected chi connectivity index (χ1v) is 11.6. The molecule has 0 aliphatic rings. The Hall–Kier alpha value is -4.69. The Labute approximate surface area is 210 Å². The van der Waals surface area contributed by atoms with Crippen molar-refractivity contribution < 1.29 is 0 Å². The smallest absolute Gasteiger partial charge is 0.0967 e. The van der Waals surface area contributed by atoms with Gasteiger partial charge in [-0.2, -0.15) is 0 Å². The average Bonchev–Trinajstić information content (AvgIpc) is 3.65. The van der Waals surface area contributed by atoms with Gasteiger partial charge in [0, 0.05) is 92.2 Å². The third-order valence-electron chi connectivity index (χ3n) is 5.04. The molecule has 0 unspecified atom stereocenters. The molecule has 0 saturated heterocycles. The van der Waals surface area contributed by atoms with Crippen molar-refractivity contribution in [2.45, 2.75) is 58.5 Å². The summed E-state index contributed by atoms with van der Waals surface area (Å²) in [6.45, 7) is 4.46. The number of aryl methyl sites for hydroxylation is 3. The van der Waals surface area contributed by atoms with Gasteiger partial charge in [0.15, 0.2) is 0 Å². The highest BCUT2D eigenvalue weighted by molar-refractivity contribution is 4.99. The predicted octanol–water partition coefficient (Wildman–Crippen LogP) is 2.76. The van der Waals surface area contributed by atoms with Gasteiger partial charge in [0.1, 0.15) is 0 Å². The number of nitrogens with zero attached hydrogens (tertiary/aromatic N) is 19. The molecule has 0 aliphatic heterocycles. The summed E-state index contributed by atoms with van der Waals surface area (Å²) in [6.07, 6.45) is 7.60. The summed E-state index contributed by atoms with van der Waals surface area (Å²) >= 11 is 0. The molecule has 0 fully saturated rings. The Morgan fingerprint density at radius 1 is 0.595 bits per heavy atom. The van der Waals surface area contributed by atoms with Gasteiger partial charge in [-0.25, -0.2) is 0 Å². The molecule has 3 aromatic rings. The summed E-state index contributed by atoms with van der Waals surface area (Å²) in [5, 5.41) is 35.9. The molecule has 0 saturated carbocycles. The maximum atomic E-state index is 8.40. The maximum Gasteiger partial charge on any atom is 0.0967 e. The van der Waals surface area contributed by atoms with Crippen LogP contribution in [-0.2, 0) is 39.3 Å². The molecule has 0 aromatic carbocycles. The van der Waals surface area contributed by atoms with Crippen LogP contribution in [-0.4, -0.2) is 69.5 Å². The highest BCUT2D eigenvalue weighted by Gasteiger charge is 2.15. The summed E-state index contributed by atoms with van der Waals surface area (Å²) in [5.74, 6) is 0. The first-order valence-electron chi connectivity index (χ1n) is 11.6. The topological polar surface area (TPSA) is 242 Å². The van der Waals surface area contributed by atoms with E-state index in [0.29, 0.717) is 78.2 Å². The minimum atomic E-state index is 0.398. The van der Waals surface area contributed by atoms with Crippen LogP contribution >= 0.6 is 0 Å². The SMILES string of the molecule is [N-]=[N+]=NCCCn1cc(CN(Cc2cn(CCCN=[N+]=[N-])nn2)Cc2cn(CCCN=[N+]=[N-])nn2)nn1. The van der Waals surface area contributed by atoms with Gasteiger partial charge >= 0.3 is 0 Å². The van der Waals surface area contributed by atoms with Crippen molar-refractivity contribution in [2.75, 3.05) is 19.6 Å². The zero-order valence-corrected chi connectivity index (χ0v) is 20.2. The quantitative estimate of drug-likeness (QED) is 0.107. The van der Waals surface area contributed by atoms with Crippen LogP contribution in [0.5, 0.6) is 0 Å². The van der Waals surface area contributed by atoms with Crippen molar-refractivity contribution in [1.29, 1.82) is 0 Å². The van der Waals surface area contributed by atoms with Gasteiger partial charge in [-0.1, -0.05) is 31.0 Å². The molecule has 0 amide bonds. The highest BCUT2D eigenvalue weighted by Crippen LogP contribution is 2.11.